The van der Waals surface area contributed by atoms with Crippen molar-refractivity contribution in [3.05, 3.63) is 36.2 Å². The van der Waals surface area contributed by atoms with Crippen LogP contribution < -0.4 is 5.32 Å². The molecule has 0 aromatic carbocycles. The topological polar surface area (TPSA) is 42.0 Å². The Labute approximate surface area is 188 Å². The van der Waals surface area contributed by atoms with Gasteiger partial charge < -0.3 is 5.32 Å². The highest BCUT2D eigenvalue weighted by Crippen LogP contribution is 2.67. The highest BCUT2D eigenvalue weighted by atomic mass is 16.1. The molecular weight excluding hydrogens is 380 g/mol. The van der Waals surface area contributed by atoms with Gasteiger partial charge in [0.15, 0.2) is 0 Å². The fourth-order valence-electron chi connectivity index (χ4n) is 8.29. The number of aromatic nitrogens is 1. The molecule has 1 aromatic heterocycles. The number of rotatable bonds is 3. The molecular formula is C28H40N2O. The molecule has 1 heterocycles. The predicted molar refractivity (Wildman–Crippen MR) is 126 cm³/mol. The van der Waals surface area contributed by atoms with Crippen molar-refractivity contribution >= 4 is 11.5 Å². The maximum atomic E-state index is 12.3. The largest absolute Gasteiger partial charge is 0.353 e. The summed E-state index contributed by atoms with van der Waals surface area (Å²) in [5, 5.41) is 3.35. The van der Waals surface area contributed by atoms with Crippen molar-refractivity contribution in [1.82, 2.24) is 10.3 Å². The molecule has 0 radical (unpaired) electrons. The Bertz CT molecular complexity index is 861. The molecule has 4 aliphatic rings. The first-order chi connectivity index (χ1) is 14.8. The van der Waals surface area contributed by atoms with Crippen LogP contribution in [0, 0.1) is 40.4 Å². The normalized spacial score (nSPS) is 41.7. The summed E-state index contributed by atoms with van der Waals surface area (Å²) in [6, 6.07) is 4.73. The average Bonchev–Trinajstić information content (AvgIpc) is 3.11. The van der Waals surface area contributed by atoms with Crippen LogP contribution in [0.3, 0.4) is 0 Å². The van der Waals surface area contributed by atoms with E-state index in [1.807, 2.05) is 20.0 Å². The summed E-state index contributed by atoms with van der Waals surface area (Å²) < 4.78 is 0. The number of carbonyl (C=O) groups excluding carboxylic acids is 1. The lowest BCUT2D eigenvalue weighted by Crippen LogP contribution is -2.55. The number of hydrogen-bond acceptors (Lipinski definition) is 2. The maximum absolute atomic E-state index is 12.3. The molecule has 1 amide bonds. The molecule has 0 aliphatic heterocycles. The third-order valence-electron chi connectivity index (χ3n) is 10.1. The average molecular weight is 421 g/mol. The zero-order chi connectivity index (χ0) is 21.8. The van der Waals surface area contributed by atoms with Crippen molar-refractivity contribution in [3.8, 4) is 0 Å². The molecule has 3 fully saturated rings. The molecule has 3 heteroatoms. The van der Waals surface area contributed by atoms with Crippen molar-refractivity contribution < 1.29 is 4.79 Å². The van der Waals surface area contributed by atoms with Gasteiger partial charge in [-0.25, -0.2) is 0 Å². The van der Waals surface area contributed by atoms with Gasteiger partial charge in [0.05, 0.1) is 0 Å². The number of carbonyl (C=O) groups is 1. The second kappa shape index (κ2) is 7.74. The van der Waals surface area contributed by atoms with E-state index in [4.69, 9.17) is 0 Å². The van der Waals surface area contributed by atoms with Crippen LogP contribution in [-0.4, -0.2) is 16.9 Å². The molecule has 1 aromatic rings. The van der Waals surface area contributed by atoms with Crippen LogP contribution in [-0.2, 0) is 4.79 Å². The molecule has 0 saturated heterocycles. The van der Waals surface area contributed by atoms with Crippen LogP contribution in [0.1, 0.15) is 84.6 Å². The van der Waals surface area contributed by atoms with E-state index >= 15 is 0 Å². The molecule has 3 saturated carbocycles. The van der Waals surface area contributed by atoms with Gasteiger partial charge in [-0.1, -0.05) is 39.8 Å². The van der Waals surface area contributed by atoms with Crippen molar-refractivity contribution in [2.24, 2.45) is 40.4 Å². The summed E-state index contributed by atoms with van der Waals surface area (Å²) in [4.78, 5) is 16.7. The van der Waals surface area contributed by atoms with Gasteiger partial charge in [-0.3, -0.25) is 9.78 Å². The van der Waals surface area contributed by atoms with Crippen LogP contribution >= 0.6 is 0 Å². The molecule has 1 N–H and O–H groups in total. The molecule has 5 rings (SSSR count). The predicted octanol–water partition coefficient (Wildman–Crippen LogP) is 6.26. The first-order valence-corrected chi connectivity index (χ1v) is 12.7. The van der Waals surface area contributed by atoms with Gasteiger partial charge in [0, 0.05) is 24.4 Å². The number of nitrogens with zero attached hydrogens (tertiary/aromatic N) is 1. The van der Waals surface area contributed by atoms with Crippen LogP contribution in [0.2, 0.25) is 0 Å². The Morgan fingerprint density at radius 2 is 1.97 bits per heavy atom. The van der Waals surface area contributed by atoms with Crippen molar-refractivity contribution in [2.45, 2.75) is 85.1 Å². The fraction of sp³-hybridized carbons (Fsp3) is 0.714. The first-order valence-electron chi connectivity index (χ1n) is 12.7. The molecule has 0 bridgehead atoms. The van der Waals surface area contributed by atoms with Crippen molar-refractivity contribution in [3.63, 3.8) is 0 Å². The quantitative estimate of drug-likeness (QED) is 0.627. The summed E-state index contributed by atoms with van der Waals surface area (Å²) in [5.41, 5.74) is 3.68. The van der Waals surface area contributed by atoms with Crippen LogP contribution in [0.25, 0.3) is 5.57 Å². The van der Waals surface area contributed by atoms with Crippen molar-refractivity contribution in [1.29, 1.82) is 0 Å². The van der Waals surface area contributed by atoms with E-state index in [0.717, 1.165) is 30.1 Å². The summed E-state index contributed by atoms with van der Waals surface area (Å²) >= 11 is 0. The summed E-state index contributed by atoms with van der Waals surface area (Å²) in [6.45, 7) is 9.17. The Morgan fingerprint density at radius 1 is 1.13 bits per heavy atom. The van der Waals surface area contributed by atoms with Gasteiger partial charge in [0.1, 0.15) is 0 Å². The van der Waals surface area contributed by atoms with Gasteiger partial charge in [-0.2, -0.15) is 0 Å². The van der Waals surface area contributed by atoms with Gasteiger partial charge in [0.2, 0.25) is 5.91 Å². The number of allylic oxidation sites excluding steroid dienone is 2. The van der Waals surface area contributed by atoms with Crippen LogP contribution in [0.4, 0.5) is 0 Å². The molecule has 31 heavy (non-hydrogen) atoms. The number of hydrogen-bond donors (Lipinski definition) is 1. The van der Waals surface area contributed by atoms with E-state index in [9.17, 15) is 4.79 Å². The summed E-state index contributed by atoms with van der Waals surface area (Å²) in [5.74, 6) is 3.59. The zero-order valence-electron chi connectivity index (χ0n) is 19.9. The molecule has 168 valence electrons. The Morgan fingerprint density at radius 3 is 2.71 bits per heavy atom. The lowest BCUT2D eigenvalue weighted by Gasteiger charge is -2.61. The van der Waals surface area contributed by atoms with Gasteiger partial charge >= 0.3 is 0 Å². The monoisotopic (exact) mass is 420 g/mol. The van der Waals surface area contributed by atoms with E-state index in [1.54, 1.807) is 5.57 Å². The molecule has 3 nitrogen and oxygen atoms in total. The minimum absolute atomic E-state index is 0.0870. The minimum Gasteiger partial charge on any atom is -0.353 e. The zero-order valence-corrected chi connectivity index (χ0v) is 19.9. The fourth-order valence-corrected chi connectivity index (χ4v) is 8.29. The Hall–Kier alpha value is -1.64. The minimum atomic E-state index is 0.0870. The standard InChI is InChI=1S/C28H40N2O/c1-18(2)26(31)30-21-11-13-27(3)20(16-21)7-8-22-24-10-9-23(19-6-5-15-29-17-19)28(24,4)14-12-25(22)27/h5-6,9,15,17-18,20-22,24-25H,7-8,10-14,16H2,1-4H3,(H,30,31)/t20?,21-,22?,24?,25?,27+,28-/m1/s1. The number of fused-ring (bicyclic) bond motifs is 5. The number of amides is 1. The van der Waals surface area contributed by atoms with Gasteiger partial charge in [0.25, 0.3) is 0 Å². The number of pyridine rings is 1. The smallest absolute Gasteiger partial charge is 0.222 e. The molecule has 4 aliphatic carbocycles. The van der Waals surface area contributed by atoms with Crippen LogP contribution in [0.15, 0.2) is 30.6 Å². The second-order valence-corrected chi connectivity index (χ2v) is 11.8. The van der Waals surface area contributed by atoms with E-state index in [1.165, 1.54) is 50.5 Å². The highest BCUT2D eigenvalue weighted by Gasteiger charge is 2.58. The van der Waals surface area contributed by atoms with Gasteiger partial charge in [-0.05, 0) is 103 Å². The SMILES string of the molecule is CC(C)C(=O)N[C@@H]1CC[C@@]2(C)C(CCC3C2CC[C@]2(C)C(c4cccnc4)=CCC32)C1. The summed E-state index contributed by atoms with van der Waals surface area (Å²) in [7, 11) is 0. The Kier molecular flexibility index (Phi) is 5.30. The van der Waals surface area contributed by atoms with E-state index in [-0.39, 0.29) is 11.8 Å². The third kappa shape index (κ3) is 3.38. The molecule has 4 unspecified atom stereocenters. The van der Waals surface area contributed by atoms with Crippen LogP contribution in [0.5, 0.6) is 0 Å². The summed E-state index contributed by atoms with van der Waals surface area (Å²) in [6.07, 6.45) is 16.8. The van der Waals surface area contributed by atoms with Crippen molar-refractivity contribution in [2.75, 3.05) is 0 Å². The first kappa shape index (κ1) is 21.2. The van der Waals surface area contributed by atoms with E-state index < -0.39 is 0 Å². The highest BCUT2D eigenvalue weighted by molar-refractivity contribution is 5.78. The lowest BCUT2D eigenvalue weighted by molar-refractivity contribution is -0.127. The van der Waals surface area contributed by atoms with Gasteiger partial charge in [-0.15, -0.1) is 0 Å². The maximum Gasteiger partial charge on any atom is 0.222 e. The third-order valence-corrected chi connectivity index (χ3v) is 10.1. The molecule has 0 spiro atoms. The lowest BCUT2D eigenvalue weighted by atomic mass is 9.44. The van der Waals surface area contributed by atoms with E-state index in [0.29, 0.717) is 16.9 Å². The van der Waals surface area contributed by atoms with E-state index in [2.05, 4.69) is 48.6 Å². The number of nitrogens with one attached hydrogen (secondary N) is 1. The second-order valence-electron chi connectivity index (χ2n) is 11.8. The Balaban J connectivity index is 1.33. The molecule has 7 atom stereocenters.